The van der Waals surface area contributed by atoms with Crippen LogP contribution in [0.1, 0.15) is 39.5 Å². The molecule has 1 aromatic carbocycles. The predicted molar refractivity (Wildman–Crippen MR) is 83.6 cm³/mol. The van der Waals surface area contributed by atoms with Crippen LogP contribution in [-0.2, 0) is 0 Å². The lowest BCUT2D eigenvalue weighted by Gasteiger charge is -2.43. The van der Waals surface area contributed by atoms with Gasteiger partial charge in [-0.15, -0.1) is 0 Å². The summed E-state index contributed by atoms with van der Waals surface area (Å²) in [4.78, 5) is 0. The highest BCUT2D eigenvalue weighted by Gasteiger charge is 2.36. The van der Waals surface area contributed by atoms with Crippen LogP contribution in [0.3, 0.4) is 0 Å². The molecular formula is C16H24ClFN2. The second-order valence-corrected chi connectivity index (χ2v) is 6.80. The maximum atomic E-state index is 13.5. The Hall–Kier alpha value is -0.800. The minimum absolute atomic E-state index is 0.135. The summed E-state index contributed by atoms with van der Waals surface area (Å²) in [5.41, 5.74) is 6.63. The maximum absolute atomic E-state index is 13.5. The van der Waals surface area contributed by atoms with Crippen molar-refractivity contribution in [2.45, 2.75) is 45.1 Å². The van der Waals surface area contributed by atoms with Crippen molar-refractivity contribution in [3.63, 3.8) is 0 Å². The van der Waals surface area contributed by atoms with Gasteiger partial charge >= 0.3 is 0 Å². The Morgan fingerprint density at radius 2 is 2.20 bits per heavy atom. The third-order valence-electron chi connectivity index (χ3n) is 4.49. The zero-order valence-corrected chi connectivity index (χ0v) is 13.0. The summed E-state index contributed by atoms with van der Waals surface area (Å²) in [5.74, 6) is 1.01. The summed E-state index contributed by atoms with van der Waals surface area (Å²) in [7, 11) is 0. The van der Waals surface area contributed by atoms with E-state index in [1.165, 1.54) is 18.6 Å². The number of hydrogen-bond acceptors (Lipinski definition) is 2. The van der Waals surface area contributed by atoms with Crippen molar-refractivity contribution >= 4 is 17.3 Å². The van der Waals surface area contributed by atoms with Crippen molar-refractivity contribution in [1.29, 1.82) is 0 Å². The summed E-state index contributed by atoms with van der Waals surface area (Å²) < 4.78 is 13.5. The van der Waals surface area contributed by atoms with E-state index >= 15 is 0 Å². The molecule has 4 heteroatoms. The highest BCUT2D eigenvalue weighted by molar-refractivity contribution is 6.30. The molecule has 0 aromatic heterocycles. The monoisotopic (exact) mass is 298 g/mol. The second kappa shape index (κ2) is 6.31. The molecule has 0 heterocycles. The van der Waals surface area contributed by atoms with Crippen molar-refractivity contribution in [3.8, 4) is 0 Å². The first kappa shape index (κ1) is 15.6. The molecule has 2 unspecified atom stereocenters. The molecule has 1 aliphatic carbocycles. The van der Waals surface area contributed by atoms with Crippen LogP contribution < -0.4 is 11.1 Å². The number of hydrogen-bond donors (Lipinski definition) is 2. The lowest BCUT2D eigenvalue weighted by molar-refractivity contribution is 0.203. The fraction of sp³-hybridized carbons (Fsp3) is 0.625. The van der Waals surface area contributed by atoms with E-state index in [0.717, 1.165) is 24.9 Å². The Morgan fingerprint density at radius 3 is 2.80 bits per heavy atom. The number of rotatable bonds is 4. The average Bonchev–Trinajstić information content (AvgIpc) is 2.37. The molecule has 1 saturated carbocycles. The van der Waals surface area contributed by atoms with Crippen molar-refractivity contribution in [2.24, 2.45) is 17.6 Å². The average molecular weight is 299 g/mol. The van der Waals surface area contributed by atoms with Gasteiger partial charge in [-0.25, -0.2) is 4.39 Å². The standard InChI is InChI=1S/C16H24ClFN2/c1-11(2)12-4-3-5-16(9-12,10-19)20-15-7-13(17)6-14(18)8-15/h6-8,11-12,20H,3-5,9-10,19H2,1-2H3. The van der Waals surface area contributed by atoms with Crippen LogP contribution in [0.25, 0.3) is 0 Å². The molecule has 0 spiro atoms. The van der Waals surface area contributed by atoms with Crippen molar-refractivity contribution in [2.75, 3.05) is 11.9 Å². The minimum atomic E-state index is -0.316. The first-order valence-electron chi connectivity index (χ1n) is 7.38. The van der Waals surface area contributed by atoms with Crippen molar-refractivity contribution in [3.05, 3.63) is 29.0 Å². The molecule has 0 saturated heterocycles. The van der Waals surface area contributed by atoms with Gasteiger partial charge in [0.05, 0.1) is 0 Å². The molecule has 0 aliphatic heterocycles. The topological polar surface area (TPSA) is 38.0 Å². The third-order valence-corrected chi connectivity index (χ3v) is 4.71. The van der Waals surface area contributed by atoms with E-state index in [1.54, 1.807) is 6.07 Å². The van der Waals surface area contributed by atoms with E-state index < -0.39 is 0 Å². The van der Waals surface area contributed by atoms with Crippen LogP contribution >= 0.6 is 11.6 Å². The van der Waals surface area contributed by atoms with Gasteiger partial charge in [0.1, 0.15) is 5.82 Å². The SMILES string of the molecule is CC(C)C1CCCC(CN)(Nc2cc(F)cc(Cl)c2)C1. The summed E-state index contributed by atoms with van der Waals surface area (Å²) in [6.45, 7) is 5.08. The third kappa shape index (κ3) is 3.64. The van der Waals surface area contributed by atoms with Gasteiger partial charge in [0.25, 0.3) is 0 Å². The molecule has 2 nitrogen and oxygen atoms in total. The highest BCUT2D eigenvalue weighted by atomic mass is 35.5. The largest absolute Gasteiger partial charge is 0.378 e. The fourth-order valence-electron chi connectivity index (χ4n) is 3.26. The highest BCUT2D eigenvalue weighted by Crippen LogP contribution is 2.38. The van der Waals surface area contributed by atoms with Crippen LogP contribution in [-0.4, -0.2) is 12.1 Å². The molecule has 0 radical (unpaired) electrons. The molecule has 0 amide bonds. The summed E-state index contributed by atoms with van der Waals surface area (Å²) in [6, 6.07) is 4.57. The van der Waals surface area contributed by atoms with Crippen molar-refractivity contribution in [1.82, 2.24) is 0 Å². The van der Waals surface area contributed by atoms with Gasteiger partial charge in [0.15, 0.2) is 0 Å². The lowest BCUT2D eigenvalue weighted by Crippen LogP contribution is -2.49. The molecule has 1 aliphatic rings. The van der Waals surface area contributed by atoms with E-state index in [-0.39, 0.29) is 11.4 Å². The van der Waals surface area contributed by atoms with Crippen LogP contribution in [0.4, 0.5) is 10.1 Å². The smallest absolute Gasteiger partial charge is 0.126 e. The molecule has 2 atom stereocenters. The van der Waals surface area contributed by atoms with Crippen LogP contribution in [0.5, 0.6) is 0 Å². The number of halogens is 2. The van der Waals surface area contributed by atoms with Gasteiger partial charge in [-0.2, -0.15) is 0 Å². The van der Waals surface area contributed by atoms with Crippen LogP contribution in [0.15, 0.2) is 18.2 Å². The van der Waals surface area contributed by atoms with Gasteiger partial charge in [-0.05, 0) is 42.9 Å². The second-order valence-electron chi connectivity index (χ2n) is 6.37. The molecule has 1 fully saturated rings. The number of anilines is 1. The van der Waals surface area contributed by atoms with Gasteiger partial charge < -0.3 is 11.1 Å². The zero-order valence-electron chi connectivity index (χ0n) is 12.3. The summed E-state index contributed by atoms with van der Waals surface area (Å²) in [6.07, 6.45) is 4.48. The molecule has 1 aromatic rings. The number of benzene rings is 1. The molecule has 20 heavy (non-hydrogen) atoms. The lowest BCUT2D eigenvalue weighted by atomic mass is 9.71. The normalized spacial score (nSPS) is 26.8. The first-order valence-corrected chi connectivity index (χ1v) is 7.76. The predicted octanol–water partition coefficient (Wildman–Crippen LogP) is 4.43. The van der Waals surface area contributed by atoms with Gasteiger partial charge in [0, 0.05) is 22.8 Å². The van der Waals surface area contributed by atoms with Gasteiger partial charge in [-0.1, -0.05) is 38.3 Å². The minimum Gasteiger partial charge on any atom is -0.378 e. The fourth-order valence-corrected chi connectivity index (χ4v) is 3.48. The molecule has 112 valence electrons. The Morgan fingerprint density at radius 1 is 1.45 bits per heavy atom. The zero-order chi connectivity index (χ0) is 14.8. The number of nitrogens with two attached hydrogens (primary N) is 1. The summed E-state index contributed by atoms with van der Waals surface area (Å²) >= 11 is 5.92. The molecule has 2 rings (SSSR count). The van der Waals surface area contributed by atoms with Crippen LogP contribution in [0, 0.1) is 17.7 Å². The molecular weight excluding hydrogens is 275 g/mol. The van der Waals surface area contributed by atoms with E-state index in [9.17, 15) is 4.39 Å². The van der Waals surface area contributed by atoms with Crippen molar-refractivity contribution < 1.29 is 4.39 Å². The van der Waals surface area contributed by atoms with Crippen LogP contribution in [0.2, 0.25) is 5.02 Å². The summed E-state index contributed by atoms with van der Waals surface area (Å²) in [5, 5.41) is 3.87. The Labute approximate surface area is 125 Å². The molecule has 3 N–H and O–H groups in total. The first-order chi connectivity index (χ1) is 9.44. The van der Waals surface area contributed by atoms with E-state index in [1.807, 2.05) is 0 Å². The van der Waals surface area contributed by atoms with E-state index in [4.69, 9.17) is 17.3 Å². The van der Waals surface area contributed by atoms with E-state index in [0.29, 0.717) is 23.4 Å². The molecule has 0 bridgehead atoms. The van der Waals surface area contributed by atoms with Gasteiger partial charge in [0.2, 0.25) is 0 Å². The Balaban J connectivity index is 2.18. The Bertz CT molecular complexity index is 444. The number of nitrogens with one attached hydrogen (secondary N) is 1. The quantitative estimate of drug-likeness (QED) is 0.862. The Kier molecular flexibility index (Phi) is 4.92. The van der Waals surface area contributed by atoms with Gasteiger partial charge in [-0.3, -0.25) is 0 Å². The van der Waals surface area contributed by atoms with E-state index in [2.05, 4.69) is 19.2 Å². The maximum Gasteiger partial charge on any atom is 0.126 e.